The molecule has 2 aromatic carbocycles. The fourth-order valence-corrected chi connectivity index (χ4v) is 4.86. The second-order valence-electron chi connectivity index (χ2n) is 11.0. The number of amides is 6. The van der Waals surface area contributed by atoms with Gasteiger partial charge >= 0.3 is 0 Å². The zero-order valence-corrected chi connectivity index (χ0v) is 25.2. The van der Waals surface area contributed by atoms with Crippen molar-refractivity contribution in [2.45, 2.75) is 68.7 Å². The number of phenols is 1. The zero-order chi connectivity index (χ0) is 33.6. The number of nitrogens with one attached hydrogen (secondary N) is 5. The predicted molar refractivity (Wildman–Crippen MR) is 165 cm³/mol. The normalized spacial score (nSPS) is 23.1. The van der Waals surface area contributed by atoms with Crippen molar-refractivity contribution in [1.82, 2.24) is 26.6 Å². The molecule has 0 spiro atoms. The van der Waals surface area contributed by atoms with Crippen LogP contribution in [0, 0.1) is 0 Å². The lowest BCUT2D eigenvalue weighted by molar-refractivity contribution is -0.135. The topological polar surface area (TPSA) is 255 Å². The molecule has 6 amide bonds. The molecule has 5 atom stereocenters. The van der Waals surface area contributed by atoms with E-state index < -0.39 is 78.7 Å². The van der Waals surface area contributed by atoms with Crippen molar-refractivity contribution in [1.29, 1.82) is 0 Å². The Balaban J connectivity index is 2.05. The molecule has 0 radical (unpaired) electrons. The Hall–Kier alpha value is -5.02. The fourth-order valence-electron chi connectivity index (χ4n) is 4.86. The third kappa shape index (κ3) is 10.9. The van der Waals surface area contributed by atoms with Crippen LogP contribution in [0.3, 0.4) is 0 Å². The zero-order valence-electron chi connectivity index (χ0n) is 25.2. The maximum absolute atomic E-state index is 13.8. The van der Waals surface area contributed by atoms with E-state index in [9.17, 15) is 39.0 Å². The quantitative estimate of drug-likeness (QED) is 0.119. The van der Waals surface area contributed by atoms with Crippen molar-refractivity contribution in [2.75, 3.05) is 13.2 Å². The maximum Gasteiger partial charge on any atom is 0.245 e. The van der Waals surface area contributed by atoms with E-state index in [0.717, 1.165) is 0 Å². The van der Waals surface area contributed by atoms with Gasteiger partial charge in [0.25, 0.3) is 0 Å². The third-order valence-corrected chi connectivity index (χ3v) is 7.36. The second-order valence-corrected chi connectivity index (χ2v) is 11.0. The molecule has 1 fully saturated rings. The highest BCUT2D eigenvalue weighted by atomic mass is 16.3. The number of rotatable bonds is 11. The number of aromatic hydroxyl groups is 1. The van der Waals surface area contributed by atoms with Gasteiger partial charge in [0.05, 0.1) is 13.0 Å². The van der Waals surface area contributed by atoms with Crippen LogP contribution in [0.2, 0.25) is 0 Å². The van der Waals surface area contributed by atoms with E-state index >= 15 is 0 Å². The largest absolute Gasteiger partial charge is 0.508 e. The number of hydrogen-bond donors (Lipinski definition) is 9. The summed E-state index contributed by atoms with van der Waals surface area (Å²) in [6.07, 6.45) is 0.376. The highest BCUT2D eigenvalue weighted by molar-refractivity contribution is 5.99. The molecular formula is C31H41N7O8. The van der Waals surface area contributed by atoms with Gasteiger partial charge in [-0.2, -0.15) is 0 Å². The average molecular weight is 640 g/mol. The van der Waals surface area contributed by atoms with Gasteiger partial charge in [-0.05, 0) is 49.1 Å². The summed E-state index contributed by atoms with van der Waals surface area (Å²) >= 11 is 0. The number of unbranched alkanes of at least 4 members (excludes halogenated alkanes) is 1. The van der Waals surface area contributed by atoms with E-state index in [4.69, 9.17) is 11.5 Å². The standard InChI is InChI=1S/C31H41N7O8/c32-13-5-4-8-21-27(42)37-24(16-26(33)41)30(45)38-25(17-39)31(46)36-23(15-19-9-11-20(40)12-10-19)29(44)35-22(28(43)34-21)14-18-6-2-1-3-7-18/h1-3,6-7,9-12,21-25,39-40H,4-5,8,13-17,32H2,(H2,33,41)(H,34,43)(H,35,44)(H,36,46)(H,37,42)(H,38,45)/t21-,22+,23-,24-,25-/m0/s1. The van der Waals surface area contributed by atoms with Crippen LogP contribution in [0.5, 0.6) is 5.75 Å². The molecule has 1 aliphatic rings. The van der Waals surface area contributed by atoms with E-state index in [2.05, 4.69) is 26.6 Å². The number of carbonyl (C=O) groups excluding carboxylic acids is 6. The Bertz CT molecular complexity index is 1370. The molecule has 11 N–H and O–H groups in total. The molecule has 0 aliphatic carbocycles. The summed E-state index contributed by atoms with van der Waals surface area (Å²) in [5, 5.41) is 32.3. The van der Waals surface area contributed by atoms with Crippen LogP contribution in [0.1, 0.15) is 36.8 Å². The van der Waals surface area contributed by atoms with Gasteiger partial charge in [-0.1, -0.05) is 42.5 Å². The van der Waals surface area contributed by atoms with Crippen molar-refractivity contribution >= 4 is 35.4 Å². The molecule has 2 aromatic rings. The molecule has 15 nitrogen and oxygen atoms in total. The predicted octanol–water partition coefficient (Wildman–Crippen LogP) is -2.39. The number of primary amides is 1. The molecule has 248 valence electrons. The van der Waals surface area contributed by atoms with Crippen molar-refractivity contribution in [3.8, 4) is 5.75 Å². The molecule has 1 aliphatic heterocycles. The minimum absolute atomic E-state index is 0.0170. The maximum atomic E-state index is 13.8. The van der Waals surface area contributed by atoms with Crippen molar-refractivity contribution in [3.05, 3.63) is 65.7 Å². The van der Waals surface area contributed by atoms with Crippen molar-refractivity contribution in [2.24, 2.45) is 11.5 Å². The molecule has 46 heavy (non-hydrogen) atoms. The first-order valence-electron chi connectivity index (χ1n) is 14.9. The minimum Gasteiger partial charge on any atom is -0.508 e. The van der Waals surface area contributed by atoms with Gasteiger partial charge in [-0.3, -0.25) is 28.8 Å². The Labute approximate surface area is 265 Å². The molecule has 0 aromatic heterocycles. The molecular weight excluding hydrogens is 598 g/mol. The summed E-state index contributed by atoms with van der Waals surface area (Å²) in [5.41, 5.74) is 12.2. The Kier molecular flexibility index (Phi) is 13.5. The summed E-state index contributed by atoms with van der Waals surface area (Å²) in [5.74, 6) is -5.16. The van der Waals surface area contributed by atoms with Crippen molar-refractivity contribution in [3.63, 3.8) is 0 Å². The second kappa shape index (κ2) is 17.5. The molecule has 0 unspecified atom stereocenters. The number of hydrogen-bond acceptors (Lipinski definition) is 9. The van der Waals surface area contributed by atoms with Crippen molar-refractivity contribution < 1.29 is 39.0 Å². The van der Waals surface area contributed by atoms with Gasteiger partial charge in [0.2, 0.25) is 35.4 Å². The van der Waals surface area contributed by atoms with Crippen LogP contribution in [0.25, 0.3) is 0 Å². The van der Waals surface area contributed by atoms with Crippen LogP contribution in [0.15, 0.2) is 54.6 Å². The average Bonchev–Trinajstić information content (AvgIpc) is 3.02. The van der Waals surface area contributed by atoms with Gasteiger partial charge in [-0.15, -0.1) is 0 Å². The summed E-state index contributed by atoms with van der Waals surface area (Å²) in [6.45, 7) is -0.561. The molecule has 15 heteroatoms. The first kappa shape index (κ1) is 35.5. The lowest BCUT2D eigenvalue weighted by Crippen LogP contribution is -2.59. The number of aliphatic hydroxyl groups is 1. The summed E-state index contributed by atoms with van der Waals surface area (Å²) < 4.78 is 0. The third-order valence-electron chi connectivity index (χ3n) is 7.36. The highest BCUT2D eigenvalue weighted by Gasteiger charge is 2.35. The highest BCUT2D eigenvalue weighted by Crippen LogP contribution is 2.13. The van der Waals surface area contributed by atoms with Crippen LogP contribution in [-0.4, -0.2) is 89.0 Å². The number of nitrogens with two attached hydrogens (primary N) is 2. The van der Waals surface area contributed by atoms with Crippen LogP contribution >= 0.6 is 0 Å². The number of aliphatic hydroxyl groups excluding tert-OH is 1. The molecule has 1 saturated heterocycles. The number of carbonyl (C=O) groups is 6. The fraction of sp³-hybridized carbons (Fsp3) is 0.419. The van der Waals surface area contributed by atoms with Gasteiger partial charge in [0, 0.05) is 12.8 Å². The first-order valence-corrected chi connectivity index (χ1v) is 14.9. The van der Waals surface area contributed by atoms with Crippen LogP contribution < -0.4 is 38.1 Å². The van der Waals surface area contributed by atoms with E-state index in [-0.39, 0.29) is 25.0 Å². The Morgan fingerprint density at radius 2 is 1.09 bits per heavy atom. The SMILES string of the molecule is NCCCC[C@@H]1NC(=O)[C@@H](Cc2ccccc2)NC(=O)[C@H](Cc2ccc(O)cc2)NC(=O)[C@H](CO)NC(=O)[C@H](CC(N)=O)NC1=O. The molecule has 3 rings (SSSR count). The van der Waals surface area contributed by atoms with E-state index in [1.165, 1.54) is 12.1 Å². The molecule has 0 saturated carbocycles. The first-order chi connectivity index (χ1) is 22.0. The number of phenolic OH excluding ortho intramolecular Hbond substituents is 1. The van der Waals surface area contributed by atoms with Gasteiger partial charge in [0.15, 0.2) is 0 Å². The Morgan fingerprint density at radius 1 is 0.630 bits per heavy atom. The Morgan fingerprint density at radius 3 is 1.63 bits per heavy atom. The molecule has 0 bridgehead atoms. The van der Waals surface area contributed by atoms with Gasteiger partial charge < -0.3 is 48.3 Å². The lowest BCUT2D eigenvalue weighted by Gasteiger charge is -2.26. The number of benzene rings is 2. The van der Waals surface area contributed by atoms with Gasteiger partial charge in [0.1, 0.15) is 36.0 Å². The van der Waals surface area contributed by atoms with E-state index in [1.54, 1.807) is 42.5 Å². The van der Waals surface area contributed by atoms with E-state index in [0.29, 0.717) is 30.5 Å². The summed E-state index contributed by atoms with van der Waals surface area (Å²) in [4.78, 5) is 79.2. The molecule has 1 heterocycles. The smallest absolute Gasteiger partial charge is 0.245 e. The van der Waals surface area contributed by atoms with Crippen LogP contribution in [0.4, 0.5) is 0 Å². The summed E-state index contributed by atoms with van der Waals surface area (Å²) in [6, 6.07) is 7.88. The lowest BCUT2D eigenvalue weighted by atomic mass is 10.0. The van der Waals surface area contributed by atoms with Crippen LogP contribution in [-0.2, 0) is 41.6 Å². The van der Waals surface area contributed by atoms with E-state index in [1.807, 2.05) is 0 Å². The summed E-state index contributed by atoms with van der Waals surface area (Å²) in [7, 11) is 0. The van der Waals surface area contributed by atoms with Gasteiger partial charge in [-0.25, -0.2) is 0 Å². The minimum atomic E-state index is -1.58. The monoisotopic (exact) mass is 639 g/mol.